The molecule has 7 atom stereocenters. The van der Waals surface area contributed by atoms with Crippen molar-refractivity contribution in [3.8, 4) is 0 Å². The van der Waals surface area contributed by atoms with Crippen molar-refractivity contribution in [2.24, 2.45) is 40.4 Å². The van der Waals surface area contributed by atoms with Crippen LogP contribution in [-0.2, 0) is 6.42 Å². The Hall–Kier alpha value is -1.51. The zero-order chi connectivity index (χ0) is 21.8. The number of fused-ring (bicyclic) bond motifs is 6. The third kappa shape index (κ3) is 3.32. The van der Waals surface area contributed by atoms with Crippen LogP contribution in [0.4, 0.5) is 0 Å². The van der Waals surface area contributed by atoms with Crippen molar-refractivity contribution in [3.63, 3.8) is 0 Å². The van der Waals surface area contributed by atoms with Crippen LogP contribution < -0.4 is 0 Å². The van der Waals surface area contributed by atoms with Gasteiger partial charge in [0.15, 0.2) is 0 Å². The molecule has 6 rings (SSSR count). The minimum absolute atomic E-state index is 0.590. The highest BCUT2D eigenvalue weighted by Gasteiger charge is 2.59. The second-order valence-corrected chi connectivity index (χ2v) is 12.3. The number of hydrogen-bond donors (Lipinski definition) is 0. The van der Waals surface area contributed by atoms with E-state index in [1.54, 1.807) is 0 Å². The first-order chi connectivity index (χ1) is 15.6. The lowest BCUT2D eigenvalue weighted by Gasteiger charge is -2.60. The summed E-state index contributed by atoms with van der Waals surface area (Å²) in [6.45, 7) is 5.40. The number of aryl methyl sites for hydroxylation is 1. The number of pyridine rings is 1. The minimum atomic E-state index is 0.590. The first-order valence-electron chi connectivity index (χ1n) is 13.6. The van der Waals surface area contributed by atoms with E-state index in [2.05, 4.69) is 23.8 Å². The van der Waals surface area contributed by atoms with Crippen molar-refractivity contribution in [1.82, 2.24) is 15.0 Å². The highest BCUT2D eigenvalue weighted by atomic mass is 14.9. The molecule has 4 aliphatic carbocycles. The molecule has 2 aromatic heterocycles. The lowest BCUT2D eigenvalue weighted by molar-refractivity contribution is -0.111. The van der Waals surface area contributed by atoms with E-state index < -0.39 is 0 Å². The van der Waals surface area contributed by atoms with Crippen LogP contribution in [0.3, 0.4) is 0 Å². The molecule has 32 heavy (non-hydrogen) atoms. The van der Waals surface area contributed by atoms with Crippen LogP contribution in [0, 0.1) is 40.4 Å². The minimum Gasteiger partial charge on any atom is -0.262 e. The van der Waals surface area contributed by atoms with Crippen molar-refractivity contribution in [2.45, 2.75) is 97.3 Å². The van der Waals surface area contributed by atoms with Crippen LogP contribution in [0.2, 0.25) is 0 Å². The van der Waals surface area contributed by atoms with Crippen molar-refractivity contribution >= 4 is 10.9 Å². The molecular weight excluding hydrogens is 390 g/mol. The van der Waals surface area contributed by atoms with Gasteiger partial charge in [-0.15, -0.1) is 0 Å². The van der Waals surface area contributed by atoms with Crippen molar-refractivity contribution in [3.05, 3.63) is 30.5 Å². The van der Waals surface area contributed by atoms with Crippen LogP contribution in [0.1, 0.15) is 96.7 Å². The second-order valence-electron chi connectivity index (χ2n) is 12.3. The van der Waals surface area contributed by atoms with Gasteiger partial charge in [-0.25, -0.2) is 9.97 Å². The maximum Gasteiger partial charge on any atom is 0.129 e. The van der Waals surface area contributed by atoms with Crippen LogP contribution >= 0.6 is 0 Å². The van der Waals surface area contributed by atoms with E-state index in [1.165, 1.54) is 77.0 Å². The number of rotatable bonds is 4. The van der Waals surface area contributed by atoms with E-state index in [0.717, 1.165) is 52.7 Å². The van der Waals surface area contributed by atoms with Gasteiger partial charge < -0.3 is 0 Å². The fourth-order valence-corrected chi connectivity index (χ4v) is 9.42. The molecule has 4 saturated carbocycles. The molecule has 4 fully saturated rings. The summed E-state index contributed by atoms with van der Waals surface area (Å²) in [6, 6.07) is 2.00. The zero-order valence-corrected chi connectivity index (χ0v) is 20.2. The van der Waals surface area contributed by atoms with Gasteiger partial charge in [0.25, 0.3) is 0 Å². The molecular formula is C29H41N3. The normalized spacial score (nSPS) is 41.1. The van der Waals surface area contributed by atoms with Gasteiger partial charge in [0.1, 0.15) is 5.82 Å². The van der Waals surface area contributed by atoms with Crippen LogP contribution in [0.25, 0.3) is 10.9 Å². The van der Waals surface area contributed by atoms with Gasteiger partial charge in [0.2, 0.25) is 0 Å². The molecule has 3 heteroatoms. The van der Waals surface area contributed by atoms with Gasteiger partial charge in [-0.05, 0) is 111 Å². The van der Waals surface area contributed by atoms with Crippen molar-refractivity contribution < 1.29 is 0 Å². The van der Waals surface area contributed by atoms with Gasteiger partial charge >= 0.3 is 0 Å². The number of nitrogens with zero attached hydrogens (tertiary/aromatic N) is 3. The molecule has 172 valence electrons. The van der Waals surface area contributed by atoms with Gasteiger partial charge in [0, 0.05) is 24.2 Å². The van der Waals surface area contributed by atoms with Crippen LogP contribution in [-0.4, -0.2) is 15.0 Å². The topological polar surface area (TPSA) is 38.7 Å². The van der Waals surface area contributed by atoms with Crippen LogP contribution in [0.5, 0.6) is 0 Å². The van der Waals surface area contributed by atoms with E-state index >= 15 is 0 Å². The van der Waals surface area contributed by atoms with Gasteiger partial charge in [-0.2, -0.15) is 0 Å². The van der Waals surface area contributed by atoms with Crippen molar-refractivity contribution in [1.29, 1.82) is 0 Å². The third-order valence-electron chi connectivity index (χ3n) is 11.2. The first kappa shape index (κ1) is 21.1. The van der Waals surface area contributed by atoms with Crippen molar-refractivity contribution in [2.75, 3.05) is 0 Å². The predicted molar refractivity (Wildman–Crippen MR) is 130 cm³/mol. The summed E-state index contributed by atoms with van der Waals surface area (Å²) in [4.78, 5) is 13.6. The first-order valence-corrected chi connectivity index (χ1v) is 13.6. The van der Waals surface area contributed by atoms with Gasteiger partial charge in [0.05, 0.1) is 11.7 Å². The number of aromatic nitrogens is 3. The molecule has 0 N–H and O–H groups in total. The molecule has 0 spiro atoms. The number of hydrogen-bond acceptors (Lipinski definition) is 3. The molecule has 0 aromatic carbocycles. The standard InChI is InChI=1S/C29H41N3/c1-28-15-4-3-6-21(28)9-11-23-24-12-10-22(29(24,2)16-13-25(23)28)7-5-8-27-31-18-20-14-17-30-19-26(20)32-27/h14,17-19,21-25H,3-13,15-16H2,1-2H3. The Morgan fingerprint density at radius 3 is 2.75 bits per heavy atom. The Bertz CT molecular complexity index is 972. The fourth-order valence-electron chi connectivity index (χ4n) is 9.42. The molecule has 0 aliphatic heterocycles. The van der Waals surface area contributed by atoms with E-state index in [-0.39, 0.29) is 0 Å². The Morgan fingerprint density at radius 2 is 1.81 bits per heavy atom. The smallest absolute Gasteiger partial charge is 0.129 e. The highest BCUT2D eigenvalue weighted by Crippen LogP contribution is 2.67. The monoisotopic (exact) mass is 431 g/mol. The summed E-state index contributed by atoms with van der Waals surface area (Å²) < 4.78 is 0. The SMILES string of the molecule is CC12CCCCC1CCC1C2CCC2(C)C(CCCc3ncc4ccncc4n3)CCC12. The maximum absolute atomic E-state index is 4.76. The predicted octanol–water partition coefficient (Wildman–Crippen LogP) is 7.40. The molecule has 0 radical (unpaired) electrons. The molecule has 0 saturated heterocycles. The summed E-state index contributed by atoms with van der Waals surface area (Å²) in [7, 11) is 0. The summed E-state index contributed by atoms with van der Waals surface area (Å²) in [6.07, 6.45) is 24.3. The molecule has 2 aromatic rings. The van der Waals surface area contributed by atoms with Gasteiger partial charge in [-0.1, -0.05) is 26.7 Å². The Balaban J connectivity index is 1.12. The highest BCUT2D eigenvalue weighted by molar-refractivity contribution is 5.76. The molecule has 3 nitrogen and oxygen atoms in total. The van der Waals surface area contributed by atoms with E-state index in [0.29, 0.717) is 10.8 Å². The van der Waals surface area contributed by atoms with E-state index in [9.17, 15) is 0 Å². The molecule has 4 aliphatic rings. The largest absolute Gasteiger partial charge is 0.262 e. The Kier molecular flexibility index (Phi) is 5.30. The average Bonchev–Trinajstić information content (AvgIpc) is 3.15. The maximum atomic E-state index is 4.76. The fraction of sp³-hybridized carbons (Fsp3) is 0.759. The molecule has 7 unspecified atom stereocenters. The molecule has 0 bridgehead atoms. The second kappa shape index (κ2) is 8.06. The average molecular weight is 432 g/mol. The summed E-state index contributed by atoms with van der Waals surface area (Å²) in [5, 5.41) is 1.09. The lowest BCUT2D eigenvalue weighted by atomic mass is 9.45. The Morgan fingerprint density at radius 1 is 0.906 bits per heavy atom. The zero-order valence-electron chi connectivity index (χ0n) is 20.2. The van der Waals surface area contributed by atoms with Gasteiger partial charge in [-0.3, -0.25) is 4.98 Å². The van der Waals surface area contributed by atoms with E-state index in [4.69, 9.17) is 4.98 Å². The Labute approximate surface area is 194 Å². The third-order valence-corrected chi connectivity index (χ3v) is 11.2. The van der Waals surface area contributed by atoms with E-state index in [1.807, 2.05) is 24.7 Å². The summed E-state index contributed by atoms with van der Waals surface area (Å²) in [5.74, 6) is 5.99. The molecule has 2 heterocycles. The summed E-state index contributed by atoms with van der Waals surface area (Å²) in [5.41, 5.74) is 2.24. The van der Waals surface area contributed by atoms with Crippen LogP contribution in [0.15, 0.2) is 24.7 Å². The molecule has 0 amide bonds. The quantitative estimate of drug-likeness (QED) is 0.506. The summed E-state index contributed by atoms with van der Waals surface area (Å²) >= 11 is 0. The lowest BCUT2D eigenvalue weighted by Crippen LogP contribution is -2.52.